The standard InChI is InChI=1S/C25H44N2O/c1-22-13-14-24(23(21-22)25(2,3)4)28-20-10-8-6-5-7-9-17-27-18-11-15-26-16-12-19-27/h13-14,21,26H,5-12,15-20H2,1-4H3. The van der Waals surface area contributed by atoms with Crippen molar-refractivity contribution in [3.63, 3.8) is 0 Å². The summed E-state index contributed by atoms with van der Waals surface area (Å²) in [5, 5.41) is 3.49. The average molecular weight is 389 g/mol. The Labute approximate surface area is 174 Å². The first-order valence-electron chi connectivity index (χ1n) is 11.6. The highest BCUT2D eigenvalue weighted by atomic mass is 16.5. The number of rotatable bonds is 10. The van der Waals surface area contributed by atoms with Gasteiger partial charge in [0.1, 0.15) is 5.75 Å². The molecule has 0 aromatic heterocycles. The molecule has 160 valence electrons. The summed E-state index contributed by atoms with van der Waals surface area (Å²) in [6.45, 7) is 16.0. The number of hydrogen-bond acceptors (Lipinski definition) is 3. The lowest BCUT2D eigenvalue weighted by molar-refractivity contribution is 0.246. The molecule has 0 saturated carbocycles. The molecule has 3 nitrogen and oxygen atoms in total. The Bertz CT molecular complexity index is 542. The van der Waals surface area contributed by atoms with Gasteiger partial charge in [0.05, 0.1) is 6.61 Å². The van der Waals surface area contributed by atoms with E-state index in [2.05, 4.69) is 56.1 Å². The van der Waals surface area contributed by atoms with Crippen LogP contribution in [0.4, 0.5) is 0 Å². The fourth-order valence-electron chi connectivity index (χ4n) is 4.00. The van der Waals surface area contributed by atoms with Gasteiger partial charge in [0, 0.05) is 0 Å². The quantitative estimate of drug-likeness (QED) is 0.521. The summed E-state index contributed by atoms with van der Waals surface area (Å²) < 4.78 is 6.14. The van der Waals surface area contributed by atoms with Crippen LogP contribution in [-0.4, -0.2) is 44.2 Å². The fraction of sp³-hybridized carbons (Fsp3) is 0.760. The Morgan fingerprint density at radius 3 is 2.25 bits per heavy atom. The molecule has 1 fully saturated rings. The van der Waals surface area contributed by atoms with Crippen LogP contribution in [-0.2, 0) is 5.41 Å². The third-order valence-corrected chi connectivity index (χ3v) is 5.73. The molecule has 1 saturated heterocycles. The smallest absolute Gasteiger partial charge is 0.123 e. The van der Waals surface area contributed by atoms with Crippen LogP contribution in [0.25, 0.3) is 0 Å². The van der Waals surface area contributed by atoms with Crippen LogP contribution in [0.5, 0.6) is 5.75 Å². The zero-order chi connectivity index (χ0) is 20.2. The minimum atomic E-state index is 0.129. The molecular formula is C25H44N2O. The van der Waals surface area contributed by atoms with Crippen molar-refractivity contribution < 1.29 is 4.74 Å². The van der Waals surface area contributed by atoms with Gasteiger partial charge in [-0.1, -0.05) is 64.2 Å². The van der Waals surface area contributed by atoms with Crippen molar-refractivity contribution in [3.05, 3.63) is 29.3 Å². The van der Waals surface area contributed by atoms with E-state index in [9.17, 15) is 0 Å². The van der Waals surface area contributed by atoms with Crippen LogP contribution in [0.3, 0.4) is 0 Å². The predicted molar refractivity (Wildman–Crippen MR) is 122 cm³/mol. The van der Waals surface area contributed by atoms with Crippen molar-refractivity contribution in [1.82, 2.24) is 10.2 Å². The highest BCUT2D eigenvalue weighted by Gasteiger charge is 2.19. The Kier molecular flexibility index (Phi) is 10.4. The van der Waals surface area contributed by atoms with E-state index in [1.165, 1.54) is 88.8 Å². The van der Waals surface area contributed by atoms with Crippen molar-refractivity contribution in [2.24, 2.45) is 0 Å². The number of nitrogens with one attached hydrogen (secondary N) is 1. The Morgan fingerprint density at radius 1 is 0.929 bits per heavy atom. The van der Waals surface area contributed by atoms with E-state index >= 15 is 0 Å². The summed E-state index contributed by atoms with van der Waals surface area (Å²) in [5.41, 5.74) is 2.77. The zero-order valence-electron chi connectivity index (χ0n) is 19.0. The van der Waals surface area contributed by atoms with Gasteiger partial charge in [-0.25, -0.2) is 0 Å². The molecule has 3 heteroatoms. The molecule has 1 N–H and O–H groups in total. The van der Waals surface area contributed by atoms with Crippen LogP contribution in [0.2, 0.25) is 0 Å². The van der Waals surface area contributed by atoms with Crippen LogP contribution in [0.1, 0.15) is 83.3 Å². The highest BCUT2D eigenvalue weighted by Crippen LogP contribution is 2.32. The van der Waals surface area contributed by atoms with E-state index in [4.69, 9.17) is 4.74 Å². The van der Waals surface area contributed by atoms with Crippen LogP contribution in [0, 0.1) is 6.92 Å². The van der Waals surface area contributed by atoms with Crippen LogP contribution in [0.15, 0.2) is 18.2 Å². The third-order valence-electron chi connectivity index (χ3n) is 5.73. The number of ether oxygens (including phenoxy) is 1. The summed E-state index contributed by atoms with van der Waals surface area (Å²) in [6, 6.07) is 6.59. The second kappa shape index (κ2) is 12.5. The van der Waals surface area contributed by atoms with Crippen molar-refractivity contribution in [1.29, 1.82) is 0 Å². The SMILES string of the molecule is Cc1ccc(OCCCCCCCCN2CCCNCCC2)c(C(C)(C)C)c1. The molecule has 0 atom stereocenters. The summed E-state index contributed by atoms with van der Waals surface area (Å²) in [7, 11) is 0. The van der Waals surface area contributed by atoms with Crippen LogP contribution >= 0.6 is 0 Å². The normalized spacial score (nSPS) is 16.6. The van der Waals surface area contributed by atoms with Crippen molar-refractivity contribution in [3.8, 4) is 5.75 Å². The van der Waals surface area contributed by atoms with Gasteiger partial charge in [0.2, 0.25) is 0 Å². The molecule has 1 aromatic carbocycles. The molecule has 0 amide bonds. The number of unbranched alkanes of at least 4 members (excludes halogenated alkanes) is 5. The van der Waals surface area contributed by atoms with Gasteiger partial charge in [-0.2, -0.15) is 0 Å². The largest absolute Gasteiger partial charge is 0.493 e. The van der Waals surface area contributed by atoms with Crippen LogP contribution < -0.4 is 10.1 Å². The first-order valence-corrected chi connectivity index (χ1v) is 11.6. The summed E-state index contributed by atoms with van der Waals surface area (Å²) >= 11 is 0. The maximum absolute atomic E-state index is 6.14. The molecular weight excluding hydrogens is 344 g/mol. The molecule has 0 bridgehead atoms. The van der Waals surface area contributed by atoms with Gasteiger partial charge in [-0.05, 0) is 82.4 Å². The molecule has 1 aliphatic rings. The lowest BCUT2D eigenvalue weighted by atomic mass is 9.85. The summed E-state index contributed by atoms with van der Waals surface area (Å²) in [5.74, 6) is 1.07. The maximum Gasteiger partial charge on any atom is 0.123 e. The lowest BCUT2D eigenvalue weighted by Crippen LogP contribution is -2.34. The van der Waals surface area contributed by atoms with Crippen molar-refractivity contribution in [2.75, 3.05) is 39.3 Å². The number of benzene rings is 1. The van der Waals surface area contributed by atoms with E-state index in [-0.39, 0.29) is 5.41 Å². The molecule has 1 aliphatic heterocycles. The third kappa shape index (κ3) is 8.96. The molecule has 0 aliphatic carbocycles. The monoisotopic (exact) mass is 388 g/mol. The minimum Gasteiger partial charge on any atom is -0.493 e. The predicted octanol–water partition coefficient (Wildman–Crippen LogP) is 5.70. The average Bonchev–Trinajstić information content (AvgIpc) is 2.62. The number of aryl methyl sites for hydroxylation is 1. The van der Waals surface area contributed by atoms with Gasteiger partial charge in [-0.3, -0.25) is 0 Å². The second-order valence-corrected chi connectivity index (χ2v) is 9.52. The minimum absolute atomic E-state index is 0.129. The Morgan fingerprint density at radius 2 is 1.57 bits per heavy atom. The van der Waals surface area contributed by atoms with E-state index in [1.807, 2.05) is 0 Å². The van der Waals surface area contributed by atoms with Crippen molar-refractivity contribution in [2.45, 2.75) is 84.5 Å². The Hall–Kier alpha value is -1.06. The topological polar surface area (TPSA) is 24.5 Å². The van der Waals surface area contributed by atoms with Gasteiger partial charge in [0.15, 0.2) is 0 Å². The van der Waals surface area contributed by atoms with E-state index in [1.54, 1.807) is 0 Å². The second-order valence-electron chi connectivity index (χ2n) is 9.52. The van der Waals surface area contributed by atoms with Gasteiger partial charge in [0.25, 0.3) is 0 Å². The summed E-state index contributed by atoms with van der Waals surface area (Å²) in [4.78, 5) is 2.67. The molecule has 1 aromatic rings. The van der Waals surface area contributed by atoms with Gasteiger partial charge >= 0.3 is 0 Å². The number of nitrogens with zero attached hydrogens (tertiary/aromatic N) is 1. The van der Waals surface area contributed by atoms with Gasteiger partial charge < -0.3 is 15.0 Å². The molecule has 28 heavy (non-hydrogen) atoms. The fourth-order valence-corrected chi connectivity index (χ4v) is 4.00. The van der Waals surface area contributed by atoms with E-state index < -0.39 is 0 Å². The molecule has 0 unspecified atom stereocenters. The first kappa shape index (κ1) is 23.2. The van der Waals surface area contributed by atoms with Gasteiger partial charge in [-0.15, -0.1) is 0 Å². The first-order chi connectivity index (χ1) is 13.5. The van der Waals surface area contributed by atoms with Crippen molar-refractivity contribution >= 4 is 0 Å². The Balaban J connectivity index is 1.53. The summed E-state index contributed by atoms with van der Waals surface area (Å²) in [6.07, 6.45) is 10.5. The zero-order valence-corrected chi connectivity index (χ0v) is 19.0. The highest BCUT2D eigenvalue weighted by molar-refractivity contribution is 5.41. The maximum atomic E-state index is 6.14. The molecule has 0 spiro atoms. The van der Waals surface area contributed by atoms with E-state index in [0.29, 0.717) is 0 Å². The lowest BCUT2D eigenvalue weighted by Gasteiger charge is -2.24. The molecule has 1 heterocycles. The molecule has 0 radical (unpaired) electrons. The van der Waals surface area contributed by atoms with E-state index in [0.717, 1.165) is 18.8 Å². The number of hydrogen-bond donors (Lipinski definition) is 1. The molecule has 2 rings (SSSR count).